The van der Waals surface area contributed by atoms with Crippen LogP contribution in [0.15, 0.2) is 72.9 Å². The van der Waals surface area contributed by atoms with Gasteiger partial charge in [-0.05, 0) is 41.5 Å². The molecule has 32 heavy (non-hydrogen) atoms. The molecule has 1 N–H and O–H groups in total. The number of nitrogens with one attached hydrogen (secondary N) is 1. The minimum absolute atomic E-state index is 0.0712. The number of halogens is 2. The Labute approximate surface area is 183 Å². The lowest BCUT2D eigenvalue weighted by Gasteiger charge is -2.12. The van der Waals surface area contributed by atoms with Crippen molar-refractivity contribution in [2.45, 2.75) is 20.1 Å². The maximum Gasteiger partial charge on any atom is 0.387 e. The number of amides is 1. The second-order valence-corrected chi connectivity index (χ2v) is 6.96. The predicted molar refractivity (Wildman–Crippen MR) is 117 cm³/mol. The van der Waals surface area contributed by atoms with Crippen molar-refractivity contribution < 1.29 is 23.0 Å². The molecule has 0 atom stereocenters. The Balaban J connectivity index is 1.48. The average molecular weight is 437 g/mol. The van der Waals surface area contributed by atoms with Crippen molar-refractivity contribution in [2.24, 2.45) is 0 Å². The van der Waals surface area contributed by atoms with Gasteiger partial charge < -0.3 is 14.8 Å². The van der Waals surface area contributed by atoms with Gasteiger partial charge >= 0.3 is 6.61 Å². The number of hydrogen-bond donors (Lipinski definition) is 1. The summed E-state index contributed by atoms with van der Waals surface area (Å²) in [7, 11) is 0. The highest BCUT2D eigenvalue weighted by Gasteiger charge is 2.15. The lowest BCUT2D eigenvalue weighted by atomic mass is 10.0. The maximum absolute atomic E-state index is 12.6. The van der Waals surface area contributed by atoms with Gasteiger partial charge in [0.1, 0.15) is 0 Å². The molecule has 4 rings (SSSR count). The Morgan fingerprint density at radius 3 is 2.69 bits per heavy atom. The van der Waals surface area contributed by atoms with E-state index in [2.05, 4.69) is 33.4 Å². The average Bonchev–Trinajstić information content (AvgIpc) is 3.21. The number of anilines is 1. The standard InChI is InChI=1S/C24H21F2N3O3/c1-2-31-21-14-17(10-11-20(21)32-24(25)26)23(30)27-22-12-13-29(28-22)15-18-8-5-7-16-6-3-4-9-19(16)18/h3-14,24H,2,15H2,1H3,(H,27,28,30). The molecule has 164 valence electrons. The third-order valence-corrected chi connectivity index (χ3v) is 4.82. The number of carbonyl (C=O) groups excluding carboxylic acids is 1. The minimum atomic E-state index is -2.99. The summed E-state index contributed by atoms with van der Waals surface area (Å²) >= 11 is 0. The molecular formula is C24H21F2N3O3. The lowest BCUT2D eigenvalue weighted by Crippen LogP contribution is -2.13. The monoisotopic (exact) mass is 437 g/mol. The zero-order chi connectivity index (χ0) is 22.5. The van der Waals surface area contributed by atoms with Gasteiger partial charge in [-0.15, -0.1) is 0 Å². The van der Waals surface area contributed by atoms with Gasteiger partial charge in [-0.25, -0.2) is 0 Å². The number of carbonyl (C=O) groups is 1. The summed E-state index contributed by atoms with van der Waals surface area (Å²) in [5.41, 5.74) is 1.35. The van der Waals surface area contributed by atoms with Crippen LogP contribution in [0.25, 0.3) is 10.8 Å². The Bertz CT molecular complexity index is 1230. The molecule has 8 heteroatoms. The van der Waals surface area contributed by atoms with Gasteiger partial charge in [0.05, 0.1) is 13.2 Å². The predicted octanol–water partition coefficient (Wildman–Crippen LogP) is 5.34. The number of benzene rings is 3. The molecule has 0 aliphatic carbocycles. The SMILES string of the molecule is CCOc1cc(C(=O)Nc2ccn(Cc3cccc4ccccc34)n2)ccc1OC(F)F. The highest BCUT2D eigenvalue weighted by atomic mass is 19.3. The van der Waals surface area contributed by atoms with Gasteiger partial charge in [-0.2, -0.15) is 13.9 Å². The smallest absolute Gasteiger partial charge is 0.387 e. The van der Waals surface area contributed by atoms with Gasteiger partial charge in [-0.1, -0.05) is 42.5 Å². The van der Waals surface area contributed by atoms with Gasteiger partial charge in [0.2, 0.25) is 0 Å². The molecular weight excluding hydrogens is 416 g/mol. The van der Waals surface area contributed by atoms with Crippen molar-refractivity contribution in [2.75, 3.05) is 11.9 Å². The Morgan fingerprint density at radius 2 is 1.88 bits per heavy atom. The molecule has 0 saturated carbocycles. The van der Waals surface area contributed by atoms with Crippen LogP contribution in [-0.4, -0.2) is 28.9 Å². The molecule has 0 radical (unpaired) electrons. The largest absolute Gasteiger partial charge is 0.490 e. The first-order valence-corrected chi connectivity index (χ1v) is 10.1. The summed E-state index contributed by atoms with van der Waals surface area (Å²) in [4.78, 5) is 12.6. The Hall–Kier alpha value is -3.94. The number of aromatic nitrogens is 2. The molecule has 0 fully saturated rings. The number of alkyl halides is 2. The topological polar surface area (TPSA) is 65.4 Å². The summed E-state index contributed by atoms with van der Waals surface area (Å²) in [6.07, 6.45) is 1.78. The highest BCUT2D eigenvalue weighted by Crippen LogP contribution is 2.30. The fraction of sp³-hybridized carbons (Fsp3) is 0.167. The molecule has 0 saturated heterocycles. The van der Waals surface area contributed by atoms with Gasteiger partial charge in [-0.3, -0.25) is 9.48 Å². The Kier molecular flexibility index (Phi) is 6.30. The van der Waals surface area contributed by atoms with Crippen molar-refractivity contribution in [3.05, 3.63) is 84.1 Å². The van der Waals surface area contributed by atoms with Crippen LogP contribution < -0.4 is 14.8 Å². The summed E-state index contributed by atoms with van der Waals surface area (Å²) in [5, 5.41) is 9.43. The molecule has 0 aliphatic heterocycles. The van der Waals surface area contributed by atoms with Crippen LogP contribution >= 0.6 is 0 Å². The van der Waals surface area contributed by atoms with Crippen molar-refractivity contribution >= 4 is 22.5 Å². The van der Waals surface area contributed by atoms with Gasteiger partial charge in [0.25, 0.3) is 5.91 Å². The van der Waals surface area contributed by atoms with Crippen molar-refractivity contribution in [3.8, 4) is 11.5 Å². The number of hydrogen-bond acceptors (Lipinski definition) is 4. The zero-order valence-corrected chi connectivity index (χ0v) is 17.3. The molecule has 0 spiro atoms. The normalized spacial score (nSPS) is 11.0. The molecule has 6 nitrogen and oxygen atoms in total. The first kappa shape index (κ1) is 21.3. The second kappa shape index (κ2) is 9.47. The highest BCUT2D eigenvalue weighted by molar-refractivity contribution is 6.04. The molecule has 1 aromatic heterocycles. The van der Waals surface area contributed by atoms with Crippen molar-refractivity contribution in [1.82, 2.24) is 9.78 Å². The lowest BCUT2D eigenvalue weighted by molar-refractivity contribution is -0.0514. The van der Waals surface area contributed by atoms with Crippen LogP contribution in [-0.2, 0) is 6.54 Å². The summed E-state index contributed by atoms with van der Waals surface area (Å²) in [6, 6.07) is 19.9. The second-order valence-electron chi connectivity index (χ2n) is 6.96. The van der Waals surface area contributed by atoms with Crippen LogP contribution in [0.3, 0.4) is 0 Å². The minimum Gasteiger partial charge on any atom is -0.490 e. The van der Waals surface area contributed by atoms with Crippen LogP contribution in [0.4, 0.5) is 14.6 Å². The van der Waals surface area contributed by atoms with Crippen LogP contribution in [0, 0.1) is 0 Å². The maximum atomic E-state index is 12.6. The fourth-order valence-electron chi connectivity index (χ4n) is 3.42. The quantitative estimate of drug-likeness (QED) is 0.404. The summed E-state index contributed by atoms with van der Waals surface area (Å²) < 4.78 is 36.6. The molecule has 3 aromatic carbocycles. The molecule has 0 unspecified atom stereocenters. The van der Waals surface area contributed by atoms with E-state index in [0.29, 0.717) is 12.4 Å². The van der Waals surface area contributed by atoms with E-state index in [9.17, 15) is 13.6 Å². The van der Waals surface area contributed by atoms with E-state index >= 15 is 0 Å². The van der Waals surface area contributed by atoms with Crippen LogP contribution in [0.2, 0.25) is 0 Å². The number of nitrogens with zero attached hydrogens (tertiary/aromatic N) is 2. The van der Waals surface area contributed by atoms with Gasteiger partial charge in [0, 0.05) is 17.8 Å². The third kappa shape index (κ3) is 4.85. The Morgan fingerprint density at radius 1 is 1.06 bits per heavy atom. The van der Waals surface area contributed by atoms with E-state index in [1.807, 2.05) is 24.3 Å². The fourth-order valence-corrected chi connectivity index (χ4v) is 3.42. The molecule has 0 aliphatic rings. The number of fused-ring (bicyclic) bond motifs is 1. The third-order valence-electron chi connectivity index (χ3n) is 4.82. The molecule has 1 amide bonds. The van der Waals surface area contributed by atoms with E-state index in [1.54, 1.807) is 23.9 Å². The summed E-state index contributed by atoms with van der Waals surface area (Å²) in [5.74, 6) is -0.120. The number of rotatable bonds is 8. The van der Waals surface area contributed by atoms with E-state index in [4.69, 9.17) is 4.74 Å². The zero-order valence-electron chi connectivity index (χ0n) is 17.3. The van der Waals surface area contributed by atoms with Gasteiger partial charge in [0.15, 0.2) is 17.3 Å². The molecule has 0 bridgehead atoms. The molecule has 4 aromatic rings. The van der Waals surface area contributed by atoms with Crippen molar-refractivity contribution in [1.29, 1.82) is 0 Å². The van der Waals surface area contributed by atoms with Crippen LogP contribution in [0.1, 0.15) is 22.8 Å². The first-order chi connectivity index (χ1) is 15.5. The summed E-state index contributed by atoms with van der Waals surface area (Å²) in [6.45, 7) is -0.490. The van der Waals surface area contributed by atoms with E-state index < -0.39 is 12.5 Å². The van der Waals surface area contributed by atoms with Crippen molar-refractivity contribution in [3.63, 3.8) is 0 Å². The van der Waals surface area contributed by atoms with Crippen LogP contribution in [0.5, 0.6) is 11.5 Å². The first-order valence-electron chi connectivity index (χ1n) is 10.1. The molecule has 1 heterocycles. The number of ether oxygens (including phenoxy) is 2. The van der Waals surface area contributed by atoms with E-state index in [-0.39, 0.29) is 23.7 Å². The van der Waals surface area contributed by atoms with E-state index in [0.717, 1.165) is 16.3 Å². The van der Waals surface area contributed by atoms with E-state index in [1.165, 1.54) is 18.2 Å².